The molecular weight excluding hydrogens is 406 g/mol. The Balaban J connectivity index is 1.61. The molecular formula is C20H21N5O4S. The van der Waals surface area contributed by atoms with Crippen LogP contribution in [0.5, 0.6) is 11.5 Å². The zero-order chi connectivity index (χ0) is 21.3. The molecule has 0 saturated heterocycles. The Kier molecular flexibility index (Phi) is 5.40. The molecule has 0 bridgehead atoms. The lowest BCUT2D eigenvalue weighted by molar-refractivity contribution is 0.0931. The Hall–Kier alpha value is -3.40. The predicted molar refractivity (Wildman–Crippen MR) is 111 cm³/mol. The second-order valence-corrected chi connectivity index (χ2v) is 7.61. The molecule has 1 atom stereocenters. The van der Waals surface area contributed by atoms with Crippen molar-refractivity contribution in [2.24, 2.45) is 7.05 Å². The fourth-order valence-electron chi connectivity index (χ4n) is 3.59. The largest absolute Gasteiger partial charge is 0.493 e. The third kappa shape index (κ3) is 3.50. The molecule has 0 aliphatic carbocycles. The minimum atomic E-state index is -0.265. The van der Waals surface area contributed by atoms with E-state index in [1.165, 1.54) is 18.4 Å². The third-order valence-corrected chi connectivity index (χ3v) is 5.81. The second-order valence-electron chi connectivity index (χ2n) is 6.72. The standard InChI is InChI=1S/C20H21N5O4S/c1-24-17-13(23-18(26)19-21-7-9-30-19)6-8-25(14(17)11-22-24)20(27)12-4-5-15(28-2)16(10-12)29-3/h4-5,7,9-11,13H,6,8H2,1-3H3,(H,23,26). The highest BCUT2D eigenvalue weighted by atomic mass is 32.1. The molecule has 1 aromatic carbocycles. The van der Waals surface area contributed by atoms with Crippen LogP contribution in [0.25, 0.3) is 0 Å². The summed E-state index contributed by atoms with van der Waals surface area (Å²) in [5, 5.41) is 9.49. The van der Waals surface area contributed by atoms with Crippen LogP contribution in [0.3, 0.4) is 0 Å². The summed E-state index contributed by atoms with van der Waals surface area (Å²) in [6.45, 7) is 0.439. The van der Waals surface area contributed by atoms with Gasteiger partial charge in [-0.1, -0.05) is 0 Å². The van der Waals surface area contributed by atoms with Gasteiger partial charge in [-0.05, 0) is 24.6 Å². The third-order valence-electron chi connectivity index (χ3n) is 5.03. The van der Waals surface area contributed by atoms with E-state index in [4.69, 9.17) is 9.47 Å². The van der Waals surface area contributed by atoms with Gasteiger partial charge in [-0.2, -0.15) is 5.10 Å². The first-order valence-corrected chi connectivity index (χ1v) is 10.2. The first kappa shape index (κ1) is 19.9. The number of anilines is 1. The molecule has 0 saturated carbocycles. The lowest BCUT2D eigenvalue weighted by Gasteiger charge is -2.32. The number of ether oxygens (including phenoxy) is 2. The Morgan fingerprint density at radius 2 is 2.03 bits per heavy atom. The molecule has 10 heteroatoms. The van der Waals surface area contributed by atoms with E-state index >= 15 is 0 Å². The Morgan fingerprint density at radius 1 is 1.23 bits per heavy atom. The molecule has 1 aliphatic rings. The van der Waals surface area contributed by atoms with Crippen LogP contribution in [0.4, 0.5) is 5.69 Å². The van der Waals surface area contributed by atoms with Gasteiger partial charge in [-0.3, -0.25) is 14.3 Å². The van der Waals surface area contributed by atoms with E-state index in [-0.39, 0.29) is 17.9 Å². The van der Waals surface area contributed by atoms with Gasteiger partial charge in [0, 0.05) is 30.7 Å². The molecule has 4 rings (SSSR count). The summed E-state index contributed by atoms with van der Waals surface area (Å²) in [5.41, 5.74) is 1.93. The number of nitrogens with one attached hydrogen (secondary N) is 1. The van der Waals surface area contributed by atoms with Crippen LogP contribution >= 0.6 is 11.3 Å². The number of aromatic nitrogens is 3. The lowest BCUT2D eigenvalue weighted by atomic mass is 10.0. The summed E-state index contributed by atoms with van der Waals surface area (Å²) >= 11 is 1.28. The van der Waals surface area contributed by atoms with Crippen molar-refractivity contribution in [3.63, 3.8) is 0 Å². The first-order chi connectivity index (χ1) is 14.5. The van der Waals surface area contributed by atoms with E-state index in [9.17, 15) is 9.59 Å². The molecule has 3 heterocycles. The number of amides is 2. The smallest absolute Gasteiger partial charge is 0.280 e. The van der Waals surface area contributed by atoms with Gasteiger partial charge >= 0.3 is 0 Å². The molecule has 3 aromatic rings. The highest BCUT2D eigenvalue weighted by molar-refractivity contribution is 7.11. The van der Waals surface area contributed by atoms with E-state index in [0.717, 1.165) is 5.69 Å². The van der Waals surface area contributed by atoms with Crippen molar-refractivity contribution >= 4 is 28.8 Å². The monoisotopic (exact) mass is 427 g/mol. The minimum Gasteiger partial charge on any atom is -0.493 e. The van der Waals surface area contributed by atoms with Crippen molar-refractivity contribution in [3.05, 3.63) is 52.2 Å². The Morgan fingerprint density at radius 3 is 2.73 bits per heavy atom. The zero-order valence-corrected chi connectivity index (χ0v) is 17.6. The molecule has 1 unspecified atom stereocenters. The van der Waals surface area contributed by atoms with Gasteiger partial charge in [0.05, 0.1) is 37.8 Å². The molecule has 9 nitrogen and oxygen atoms in total. The highest BCUT2D eigenvalue weighted by Gasteiger charge is 2.34. The fourth-order valence-corrected chi connectivity index (χ4v) is 4.13. The SMILES string of the molecule is COc1ccc(C(=O)N2CCC(NC(=O)c3nccs3)c3c2cnn3C)cc1OC. The van der Waals surface area contributed by atoms with Crippen molar-refractivity contribution in [2.75, 3.05) is 25.7 Å². The number of benzene rings is 1. The molecule has 30 heavy (non-hydrogen) atoms. The van der Waals surface area contributed by atoms with E-state index in [0.29, 0.717) is 40.7 Å². The topological polar surface area (TPSA) is 98.6 Å². The number of nitrogens with zero attached hydrogens (tertiary/aromatic N) is 4. The second kappa shape index (κ2) is 8.15. The first-order valence-electron chi connectivity index (χ1n) is 9.29. The van der Waals surface area contributed by atoms with Crippen molar-refractivity contribution in [2.45, 2.75) is 12.5 Å². The number of hydrogen-bond acceptors (Lipinski definition) is 7. The van der Waals surface area contributed by atoms with Crippen LogP contribution in [0.1, 0.15) is 38.3 Å². The Labute approximate surface area is 177 Å². The molecule has 2 aromatic heterocycles. The van der Waals surface area contributed by atoms with E-state index in [1.807, 2.05) is 0 Å². The average Bonchev–Trinajstić information content (AvgIpc) is 3.44. The number of fused-ring (bicyclic) bond motifs is 1. The van der Waals surface area contributed by atoms with Gasteiger partial charge in [0.2, 0.25) is 0 Å². The van der Waals surface area contributed by atoms with Crippen LogP contribution in [-0.4, -0.2) is 47.3 Å². The van der Waals surface area contributed by atoms with Crippen LogP contribution in [0.2, 0.25) is 0 Å². The maximum atomic E-state index is 13.3. The summed E-state index contributed by atoms with van der Waals surface area (Å²) in [5.74, 6) is 0.636. The maximum Gasteiger partial charge on any atom is 0.280 e. The van der Waals surface area contributed by atoms with Crippen LogP contribution in [-0.2, 0) is 7.05 Å². The highest BCUT2D eigenvalue weighted by Crippen LogP contribution is 2.35. The molecule has 156 valence electrons. The van der Waals surface area contributed by atoms with Gasteiger partial charge < -0.3 is 19.7 Å². The molecule has 0 spiro atoms. The predicted octanol–water partition coefficient (Wildman–Crippen LogP) is 2.42. The average molecular weight is 427 g/mol. The quantitative estimate of drug-likeness (QED) is 0.671. The summed E-state index contributed by atoms with van der Waals surface area (Å²) in [6, 6.07) is 4.80. The molecule has 1 N–H and O–H groups in total. The summed E-state index contributed by atoms with van der Waals surface area (Å²) in [6.07, 6.45) is 3.80. The van der Waals surface area contributed by atoms with Gasteiger partial charge in [0.15, 0.2) is 16.5 Å². The summed E-state index contributed by atoms with van der Waals surface area (Å²) < 4.78 is 12.3. The van der Waals surface area contributed by atoms with Gasteiger partial charge in [0.1, 0.15) is 0 Å². The summed E-state index contributed by atoms with van der Waals surface area (Å²) in [4.78, 5) is 31.5. The summed E-state index contributed by atoms with van der Waals surface area (Å²) in [7, 11) is 4.87. The van der Waals surface area contributed by atoms with Crippen molar-refractivity contribution < 1.29 is 19.1 Å². The number of aryl methyl sites for hydroxylation is 1. The van der Waals surface area contributed by atoms with Crippen molar-refractivity contribution in [3.8, 4) is 11.5 Å². The number of carbonyl (C=O) groups is 2. The van der Waals surface area contributed by atoms with E-state index in [2.05, 4.69) is 15.4 Å². The number of carbonyl (C=O) groups excluding carboxylic acids is 2. The Bertz CT molecular complexity index is 1080. The number of hydrogen-bond donors (Lipinski definition) is 1. The van der Waals surface area contributed by atoms with Crippen LogP contribution < -0.4 is 19.7 Å². The normalized spacial score (nSPS) is 15.4. The van der Waals surface area contributed by atoms with Gasteiger partial charge in [0.25, 0.3) is 11.8 Å². The van der Waals surface area contributed by atoms with E-state index in [1.54, 1.807) is 59.7 Å². The number of thiazole rings is 1. The number of rotatable bonds is 5. The van der Waals surface area contributed by atoms with Gasteiger partial charge in [-0.25, -0.2) is 4.98 Å². The van der Waals surface area contributed by atoms with Crippen molar-refractivity contribution in [1.82, 2.24) is 20.1 Å². The molecule has 0 fully saturated rings. The van der Waals surface area contributed by atoms with Crippen LogP contribution in [0.15, 0.2) is 36.0 Å². The molecule has 2 amide bonds. The maximum absolute atomic E-state index is 13.3. The molecule has 1 aliphatic heterocycles. The zero-order valence-electron chi connectivity index (χ0n) is 16.8. The fraction of sp³-hybridized carbons (Fsp3) is 0.300. The lowest BCUT2D eigenvalue weighted by Crippen LogP contribution is -2.41. The molecule has 0 radical (unpaired) electrons. The van der Waals surface area contributed by atoms with Crippen molar-refractivity contribution in [1.29, 1.82) is 0 Å². The van der Waals surface area contributed by atoms with E-state index < -0.39 is 0 Å². The minimum absolute atomic E-state index is 0.171. The van der Waals surface area contributed by atoms with Gasteiger partial charge in [-0.15, -0.1) is 11.3 Å². The van der Waals surface area contributed by atoms with Crippen LogP contribution in [0, 0.1) is 0 Å². The number of methoxy groups -OCH3 is 2.